The third-order valence-corrected chi connectivity index (χ3v) is 3.98. The summed E-state index contributed by atoms with van der Waals surface area (Å²) in [5.74, 6) is -0.322. The van der Waals surface area contributed by atoms with Crippen molar-refractivity contribution in [3.8, 4) is 11.6 Å². The van der Waals surface area contributed by atoms with Crippen LogP contribution in [0, 0.1) is 6.92 Å². The first-order valence-corrected chi connectivity index (χ1v) is 8.08. The van der Waals surface area contributed by atoms with E-state index < -0.39 is 5.97 Å². The molecule has 0 saturated heterocycles. The Balaban J connectivity index is 2.62. The number of benzene rings is 1. The molecule has 0 radical (unpaired) electrons. The van der Waals surface area contributed by atoms with Crippen molar-refractivity contribution < 1.29 is 19.4 Å². The number of aromatic nitrogens is 1. The SMILES string of the molecule is CCC(=O)Oc1c(C)sc(=Nc2cccc(O)c2)n1C(=O)CC. The number of rotatable bonds is 4. The first-order valence-electron chi connectivity index (χ1n) is 7.26. The molecule has 1 aromatic carbocycles. The second-order valence-corrected chi connectivity index (χ2v) is 5.97. The van der Waals surface area contributed by atoms with E-state index >= 15 is 0 Å². The molecule has 0 spiro atoms. The van der Waals surface area contributed by atoms with Crippen molar-refractivity contribution in [1.82, 2.24) is 4.57 Å². The summed E-state index contributed by atoms with van der Waals surface area (Å²) in [6.45, 7) is 5.18. The molecule has 0 amide bonds. The molecular formula is C16H18N2O4S. The number of hydrogen-bond donors (Lipinski definition) is 1. The molecule has 2 rings (SSSR count). The van der Waals surface area contributed by atoms with Crippen LogP contribution in [0.5, 0.6) is 11.6 Å². The minimum atomic E-state index is -0.410. The van der Waals surface area contributed by atoms with Gasteiger partial charge in [0.25, 0.3) is 0 Å². The zero-order valence-corrected chi connectivity index (χ0v) is 14.0. The van der Waals surface area contributed by atoms with Gasteiger partial charge in [-0.3, -0.25) is 9.59 Å². The Hall–Kier alpha value is -2.41. The molecular weight excluding hydrogens is 316 g/mol. The standard InChI is InChI=1S/C16H18N2O4S/c1-4-13(20)18-15(22-14(21)5-2)10(3)23-16(18)17-11-7-6-8-12(19)9-11/h6-9,19H,4-5H2,1-3H3. The van der Waals surface area contributed by atoms with Crippen molar-refractivity contribution in [2.75, 3.05) is 0 Å². The number of ether oxygens (including phenoxy) is 1. The molecule has 0 aliphatic rings. The maximum absolute atomic E-state index is 12.3. The summed E-state index contributed by atoms with van der Waals surface area (Å²) in [6.07, 6.45) is 0.467. The number of esters is 1. The highest BCUT2D eigenvalue weighted by atomic mass is 32.1. The molecule has 1 aromatic heterocycles. The fourth-order valence-electron chi connectivity index (χ4n) is 1.89. The summed E-state index contributed by atoms with van der Waals surface area (Å²) in [4.78, 5) is 29.4. The normalized spacial score (nSPS) is 11.5. The highest BCUT2D eigenvalue weighted by Crippen LogP contribution is 2.23. The van der Waals surface area contributed by atoms with Gasteiger partial charge in [0, 0.05) is 18.9 Å². The zero-order valence-electron chi connectivity index (χ0n) is 13.2. The molecule has 0 saturated carbocycles. The van der Waals surface area contributed by atoms with Gasteiger partial charge >= 0.3 is 5.97 Å². The predicted molar refractivity (Wildman–Crippen MR) is 87.2 cm³/mol. The third-order valence-electron chi connectivity index (χ3n) is 3.05. The lowest BCUT2D eigenvalue weighted by atomic mass is 10.3. The number of hydrogen-bond acceptors (Lipinski definition) is 6. The number of thiazole rings is 1. The second kappa shape index (κ2) is 7.23. The van der Waals surface area contributed by atoms with Crippen LogP contribution in [0.4, 0.5) is 5.69 Å². The minimum absolute atomic E-state index is 0.0885. The van der Waals surface area contributed by atoms with Gasteiger partial charge < -0.3 is 9.84 Å². The summed E-state index contributed by atoms with van der Waals surface area (Å²) >= 11 is 1.25. The van der Waals surface area contributed by atoms with Crippen LogP contribution in [-0.4, -0.2) is 21.6 Å². The van der Waals surface area contributed by atoms with E-state index in [2.05, 4.69) is 4.99 Å². The molecule has 0 atom stereocenters. The van der Waals surface area contributed by atoms with Crippen molar-refractivity contribution in [3.05, 3.63) is 33.9 Å². The van der Waals surface area contributed by atoms with Gasteiger partial charge in [-0.15, -0.1) is 0 Å². The maximum Gasteiger partial charge on any atom is 0.312 e. The van der Waals surface area contributed by atoms with Crippen LogP contribution in [0.3, 0.4) is 0 Å². The summed E-state index contributed by atoms with van der Waals surface area (Å²) < 4.78 is 6.61. The van der Waals surface area contributed by atoms with Gasteiger partial charge in [0.05, 0.1) is 10.6 Å². The zero-order chi connectivity index (χ0) is 17.0. The van der Waals surface area contributed by atoms with Crippen molar-refractivity contribution in [2.24, 2.45) is 4.99 Å². The van der Waals surface area contributed by atoms with E-state index in [4.69, 9.17) is 4.74 Å². The van der Waals surface area contributed by atoms with Crippen molar-refractivity contribution >= 4 is 28.9 Å². The molecule has 1 heterocycles. The largest absolute Gasteiger partial charge is 0.508 e. The van der Waals surface area contributed by atoms with E-state index in [9.17, 15) is 14.7 Å². The summed E-state index contributed by atoms with van der Waals surface area (Å²) in [6, 6.07) is 6.41. The molecule has 6 nitrogen and oxygen atoms in total. The van der Waals surface area contributed by atoms with Gasteiger partial charge in [0.2, 0.25) is 11.8 Å². The van der Waals surface area contributed by atoms with E-state index in [0.717, 1.165) is 0 Å². The van der Waals surface area contributed by atoms with Gasteiger partial charge in [-0.2, -0.15) is 0 Å². The summed E-state index contributed by atoms with van der Waals surface area (Å²) in [7, 11) is 0. The quantitative estimate of drug-likeness (QED) is 0.871. The number of carbonyl (C=O) groups excluding carboxylic acids is 2. The number of phenols is 1. The molecule has 0 bridgehead atoms. The highest BCUT2D eigenvalue weighted by molar-refractivity contribution is 7.09. The van der Waals surface area contributed by atoms with Crippen LogP contribution >= 0.6 is 11.3 Å². The molecule has 0 unspecified atom stereocenters. The topological polar surface area (TPSA) is 80.9 Å². The number of nitrogens with zero attached hydrogens (tertiary/aromatic N) is 2. The maximum atomic E-state index is 12.3. The Morgan fingerprint density at radius 3 is 2.65 bits per heavy atom. The Kier molecular flexibility index (Phi) is 5.33. The first-order chi connectivity index (χ1) is 11.0. The Bertz CT molecular complexity index is 805. The van der Waals surface area contributed by atoms with Crippen LogP contribution in [0.25, 0.3) is 0 Å². The average Bonchev–Trinajstić information content (AvgIpc) is 2.82. The number of aromatic hydroxyl groups is 1. The molecule has 0 fully saturated rings. The predicted octanol–water partition coefficient (Wildman–Crippen LogP) is 3.16. The molecule has 23 heavy (non-hydrogen) atoms. The Morgan fingerprint density at radius 1 is 1.30 bits per heavy atom. The van der Waals surface area contributed by atoms with Crippen LogP contribution < -0.4 is 9.54 Å². The summed E-state index contributed by atoms with van der Waals surface area (Å²) in [5, 5.41) is 9.53. The minimum Gasteiger partial charge on any atom is -0.508 e. The number of phenolic OH excluding ortho intramolecular Hbond substituents is 1. The molecule has 2 aromatic rings. The van der Waals surface area contributed by atoms with E-state index in [1.807, 2.05) is 0 Å². The van der Waals surface area contributed by atoms with E-state index in [-0.39, 0.29) is 30.4 Å². The van der Waals surface area contributed by atoms with Crippen molar-refractivity contribution in [3.63, 3.8) is 0 Å². The van der Waals surface area contributed by atoms with Gasteiger partial charge in [-0.1, -0.05) is 31.3 Å². The lowest BCUT2D eigenvalue weighted by molar-refractivity contribution is -0.134. The fourth-order valence-corrected chi connectivity index (χ4v) is 2.81. The first kappa shape index (κ1) is 17.0. The smallest absolute Gasteiger partial charge is 0.312 e. The molecule has 0 aliphatic heterocycles. The fraction of sp³-hybridized carbons (Fsp3) is 0.312. The lowest BCUT2D eigenvalue weighted by Crippen LogP contribution is -2.24. The average molecular weight is 334 g/mol. The lowest BCUT2D eigenvalue weighted by Gasteiger charge is -2.07. The molecule has 122 valence electrons. The van der Waals surface area contributed by atoms with E-state index in [1.54, 1.807) is 39.0 Å². The Morgan fingerprint density at radius 2 is 2.04 bits per heavy atom. The Labute approximate surface area is 137 Å². The number of aryl methyl sites for hydroxylation is 1. The van der Waals surface area contributed by atoms with Crippen LogP contribution in [0.2, 0.25) is 0 Å². The van der Waals surface area contributed by atoms with Gasteiger partial charge in [0.1, 0.15) is 5.75 Å². The number of carbonyl (C=O) groups is 2. The molecule has 1 N–H and O–H groups in total. The van der Waals surface area contributed by atoms with Crippen LogP contribution in [0.15, 0.2) is 29.3 Å². The van der Waals surface area contributed by atoms with Crippen molar-refractivity contribution in [2.45, 2.75) is 33.6 Å². The highest BCUT2D eigenvalue weighted by Gasteiger charge is 2.19. The monoisotopic (exact) mass is 334 g/mol. The van der Waals surface area contributed by atoms with Gasteiger partial charge in [-0.05, 0) is 19.1 Å². The third kappa shape index (κ3) is 3.87. The molecule has 7 heteroatoms. The van der Waals surface area contributed by atoms with Crippen molar-refractivity contribution in [1.29, 1.82) is 0 Å². The van der Waals surface area contributed by atoms with Gasteiger partial charge in [-0.25, -0.2) is 9.56 Å². The van der Waals surface area contributed by atoms with Gasteiger partial charge in [0.15, 0.2) is 4.80 Å². The summed E-state index contributed by atoms with van der Waals surface area (Å²) in [5.41, 5.74) is 0.511. The second-order valence-electron chi connectivity index (χ2n) is 4.79. The van der Waals surface area contributed by atoms with Crippen LogP contribution in [-0.2, 0) is 4.79 Å². The van der Waals surface area contributed by atoms with E-state index in [1.165, 1.54) is 22.0 Å². The molecule has 0 aliphatic carbocycles. The van der Waals surface area contributed by atoms with Crippen LogP contribution in [0.1, 0.15) is 36.4 Å². The van der Waals surface area contributed by atoms with E-state index in [0.29, 0.717) is 15.4 Å².